The number of rotatable bonds is 7. The molecule has 0 saturated carbocycles. The molecule has 0 radical (unpaired) electrons. The van der Waals surface area contributed by atoms with Gasteiger partial charge in [0.05, 0.1) is 0 Å². The maximum absolute atomic E-state index is 12.3. The summed E-state index contributed by atoms with van der Waals surface area (Å²) >= 11 is 0. The van der Waals surface area contributed by atoms with Gasteiger partial charge in [-0.05, 0) is 30.9 Å². The summed E-state index contributed by atoms with van der Waals surface area (Å²) in [5.41, 5.74) is 1.32. The van der Waals surface area contributed by atoms with Gasteiger partial charge in [0, 0.05) is 5.56 Å². The highest BCUT2D eigenvalue weighted by Gasteiger charge is 2.23. The van der Waals surface area contributed by atoms with Gasteiger partial charge in [0.1, 0.15) is 12.6 Å². The van der Waals surface area contributed by atoms with Gasteiger partial charge in [0.2, 0.25) is 5.91 Å². The second-order valence-electron chi connectivity index (χ2n) is 5.58. The van der Waals surface area contributed by atoms with Crippen molar-refractivity contribution in [3.63, 3.8) is 0 Å². The molecule has 6 nitrogen and oxygen atoms in total. The van der Waals surface area contributed by atoms with E-state index in [-0.39, 0.29) is 11.8 Å². The monoisotopic (exact) mass is 306 g/mol. The Hall–Kier alpha value is -2.37. The third-order valence-corrected chi connectivity index (χ3v) is 3.13. The van der Waals surface area contributed by atoms with E-state index < -0.39 is 24.5 Å². The fourth-order valence-electron chi connectivity index (χ4n) is 2.05. The van der Waals surface area contributed by atoms with E-state index in [0.29, 0.717) is 12.0 Å². The molecule has 22 heavy (non-hydrogen) atoms. The molecule has 0 aliphatic rings. The molecule has 6 heteroatoms. The standard InChI is InChI=1S/C16H22N2O4/c1-10(2)8-13(16(22)17-9-14(19)20)18-15(21)12-7-5-4-6-11(12)3/h4-7,10,13H,8-9H2,1-3H3,(H,17,22)(H,18,21)(H,19,20). The number of aliphatic carboxylic acids is 1. The van der Waals surface area contributed by atoms with Crippen LogP contribution >= 0.6 is 0 Å². The SMILES string of the molecule is Cc1ccccc1C(=O)NC(CC(C)C)C(=O)NCC(=O)O. The van der Waals surface area contributed by atoms with Gasteiger partial charge in [-0.2, -0.15) is 0 Å². The van der Waals surface area contributed by atoms with E-state index in [2.05, 4.69) is 10.6 Å². The summed E-state index contributed by atoms with van der Waals surface area (Å²) in [6.07, 6.45) is 0.434. The van der Waals surface area contributed by atoms with Crippen LogP contribution in [0.1, 0.15) is 36.2 Å². The van der Waals surface area contributed by atoms with Crippen LogP contribution in [-0.2, 0) is 9.59 Å². The molecular formula is C16H22N2O4. The summed E-state index contributed by atoms with van der Waals surface area (Å²) in [6.45, 7) is 5.21. The van der Waals surface area contributed by atoms with Gasteiger partial charge in [-0.3, -0.25) is 14.4 Å². The van der Waals surface area contributed by atoms with E-state index in [4.69, 9.17) is 5.11 Å². The Bertz CT molecular complexity index is 555. The smallest absolute Gasteiger partial charge is 0.322 e. The highest BCUT2D eigenvalue weighted by molar-refractivity contribution is 5.98. The first kappa shape index (κ1) is 17.7. The molecule has 0 saturated heterocycles. The average molecular weight is 306 g/mol. The lowest BCUT2D eigenvalue weighted by molar-refractivity contribution is -0.138. The Morgan fingerprint density at radius 3 is 2.36 bits per heavy atom. The fraction of sp³-hybridized carbons (Fsp3) is 0.438. The molecule has 0 spiro atoms. The Balaban J connectivity index is 2.80. The number of hydrogen-bond acceptors (Lipinski definition) is 3. The number of hydrogen-bond donors (Lipinski definition) is 3. The van der Waals surface area contributed by atoms with Gasteiger partial charge in [0.15, 0.2) is 0 Å². The molecule has 3 N–H and O–H groups in total. The molecule has 0 heterocycles. The summed E-state index contributed by atoms with van der Waals surface area (Å²) in [7, 11) is 0. The number of benzene rings is 1. The van der Waals surface area contributed by atoms with Crippen molar-refractivity contribution >= 4 is 17.8 Å². The van der Waals surface area contributed by atoms with Crippen LogP contribution in [0.4, 0.5) is 0 Å². The van der Waals surface area contributed by atoms with Crippen LogP contribution in [0.25, 0.3) is 0 Å². The minimum Gasteiger partial charge on any atom is -0.480 e. The van der Waals surface area contributed by atoms with Crippen molar-refractivity contribution in [3.05, 3.63) is 35.4 Å². The molecule has 1 atom stereocenters. The molecule has 0 fully saturated rings. The van der Waals surface area contributed by atoms with Crippen LogP contribution in [0.5, 0.6) is 0 Å². The van der Waals surface area contributed by atoms with Crippen LogP contribution in [0.15, 0.2) is 24.3 Å². The molecular weight excluding hydrogens is 284 g/mol. The number of carbonyl (C=O) groups is 3. The number of aryl methyl sites for hydroxylation is 1. The number of carboxylic acid groups (broad SMARTS) is 1. The second kappa shape index (κ2) is 8.17. The van der Waals surface area contributed by atoms with Crippen molar-refractivity contribution in [2.75, 3.05) is 6.54 Å². The van der Waals surface area contributed by atoms with E-state index in [0.717, 1.165) is 5.56 Å². The third-order valence-electron chi connectivity index (χ3n) is 3.13. The summed E-state index contributed by atoms with van der Waals surface area (Å²) in [6, 6.07) is 6.33. The number of amides is 2. The zero-order chi connectivity index (χ0) is 16.7. The normalized spacial score (nSPS) is 11.8. The highest BCUT2D eigenvalue weighted by atomic mass is 16.4. The summed E-state index contributed by atoms with van der Waals surface area (Å²) < 4.78 is 0. The van der Waals surface area contributed by atoms with Gasteiger partial charge >= 0.3 is 5.97 Å². The molecule has 1 aromatic carbocycles. The maximum atomic E-state index is 12.3. The first-order valence-corrected chi connectivity index (χ1v) is 7.17. The van der Waals surface area contributed by atoms with Crippen LogP contribution in [-0.4, -0.2) is 35.5 Å². The number of carbonyl (C=O) groups excluding carboxylic acids is 2. The minimum atomic E-state index is -1.12. The lowest BCUT2D eigenvalue weighted by Crippen LogP contribution is -2.48. The molecule has 1 unspecified atom stereocenters. The van der Waals surface area contributed by atoms with Crippen molar-refractivity contribution in [1.82, 2.24) is 10.6 Å². The Labute approximate surface area is 129 Å². The fourth-order valence-corrected chi connectivity index (χ4v) is 2.05. The van der Waals surface area contributed by atoms with Crippen LogP contribution in [0.2, 0.25) is 0 Å². The zero-order valence-electron chi connectivity index (χ0n) is 13.1. The Morgan fingerprint density at radius 1 is 1.18 bits per heavy atom. The second-order valence-corrected chi connectivity index (χ2v) is 5.58. The first-order valence-electron chi connectivity index (χ1n) is 7.17. The van der Waals surface area contributed by atoms with Crippen molar-refractivity contribution in [1.29, 1.82) is 0 Å². The van der Waals surface area contributed by atoms with E-state index in [1.165, 1.54) is 0 Å². The minimum absolute atomic E-state index is 0.178. The van der Waals surface area contributed by atoms with Gasteiger partial charge < -0.3 is 15.7 Å². The summed E-state index contributed by atoms with van der Waals surface area (Å²) in [5, 5.41) is 13.6. The van der Waals surface area contributed by atoms with Crippen LogP contribution in [0, 0.1) is 12.8 Å². The van der Waals surface area contributed by atoms with Crippen molar-refractivity contribution in [2.45, 2.75) is 33.2 Å². The molecule has 1 rings (SSSR count). The number of carboxylic acids is 1. The van der Waals surface area contributed by atoms with E-state index in [1.54, 1.807) is 12.1 Å². The molecule has 0 aromatic heterocycles. The maximum Gasteiger partial charge on any atom is 0.322 e. The third kappa shape index (κ3) is 5.55. The molecule has 0 bridgehead atoms. The lowest BCUT2D eigenvalue weighted by Gasteiger charge is -2.20. The predicted octanol–water partition coefficient (Wildman–Crippen LogP) is 1.34. The van der Waals surface area contributed by atoms with Crippen molar-refractivity contribution in [3.8, 4) is 0 Å². The van der Waals surface area contributed by atoms with Crippen LogP contribution in [0.3, 0.4) is 0 Å². The summed E-state index contributed by atoms with van der Waals surface area (Å²) in [5.74, 6) is -1.77. The first-order chi connectivity index (χ1) is 10.3. The molecule has 0 aliphatic heterocycles. The van der Waals surface area contributed by atoms with Gasteiger partial charge in [0.25, 0.3) is 5.91 Å². The molecule has 0 aliphatic carbocycles. The zero-order valence-corrected chi connectivity index (χ0v) is 13.1. The van der Waals surface area contributed by atoms with E-state index >= 15 is 0 Å². The topological polar surface area (TPSA) is 95.5 Å². The average Bonchev–Trinajstić information content (AvgIpc) is 2.43. The molecule has 120 valence electrons. The molecule has 1 aromatic rings. The van der Waals surface area contributed by atoms with Crippen LogP contribution < -0.4 is 10.6 Å². The predicted molar refractivity (Wildman–Crippen MR) is 82.5 cm³/mol. The Morgan fingerprint density at radius 2 is 1.82 bits per heavy atom. The summed E-state index contributed by atoms with van der Waals surface area (Å²) in [4.78, 5) is 34.9. The largest absolute Gasteiger partial charge is 0.480 e. The Kier molecular flexibility index (Phi) is 6.56. The lowest BCUT2D eigenvalue weighted by atomic mass is 10.0. The highest BCUT2D eigenvalue weighted by Crippen LogP contribution is 2.10. The van der Waals surface area contributed by atoms with Crippen molar-refractivity contribution < 1.29 is 19.5 Å². The van der Waals surface area contributed by atoms with Gasteiger partial charge in [-0.25, -0.2) is 0 Å². The molecule has 2 amide bonds. The van der Waals surface area contributed by atoms with Gasteiger partial charge in [-0.1, -0.05) is 32.0 Å². The van der Waals surface area contributed by atoms with Crippen molar-refractivity contribution in [2.24, 2.45) is 5.92 Å². The quantitative estimate of drug-likeness (QED) is 0.708. The van der Waals surface area contributed by atoms with E-state index in [9.17, 15) is 14.4 Å². The van der Waals surface area contributed by atoms with Gasteiger partial charge in [-0.15, -0.1) is 0 Å². The number of nitrogens with one attached hydrogen (secondary N) is 2. The van der Waals surface area contributed by atoms with E-state index in [1.807, 2.05) is 32.9 Å².